The van der Waals surface area contributed by atoms with Crippen molar-refractivity contribution in [2.45, 2.75) is 39.5 Å². The van der Waals surface area contributed by atoms with Crippen LogP contribution in [0.25, 0.3) is 0 Å². The number of ether oxygens (including phenoxy) is 2. The molecule has 2 amide bonds. The van der Waals surface area contributed by atoms with Crippen LogP contribution < -0.4 is 15.4 Å². The molecule has 0 radical (unpaired) electrons. The van der Waals surface area contributed by atoms with Crippen molar-refractivity contribution in [2.24, 2.45) is 0 Å². The third-order valence-electron chi connectivity index (χ3n) is 5.37. The number of amides is 2. The van der Waals surface area contributed by atoms with Crippen LogP contribution in [-0.2, 0) is 32.0 Å². The molecule has 7 nitrogen and oxygen atoms in total. The van der Waals surface area contributed by atoms with Crippen LogP contribution in [0.15, 0.2) is 66.7 Å². The molecular formula is C28H29ClN2O5. The first-order valence-electron chi connectivity index (χ1n) is 11.8. The lowest BCUT2D eigenvalue weighted by Crippen LogP contribution is -2.23. The van der Waals surface area contributed by atoms with E-state index in [0.717, 1.165) is 29.7 Å². The van der Waals surface area contributed by atoms with Gasteiger partial charge in [-0.3, -0.25) is 14.4 Å². The van der Waals surface area contributed by atoms with Crippen LogP contribution in [0.5, 0.6) is 11.5 Å². The van der Waals surface area contributed by atoms with Gasteiger partial charge in [-0.1, -0.05) is 43.6 Å². The van der Waals surface area contributed by atoms with Crippen LogP contribution in [0, 0.1) is 0 Å². The van der Waals surface area contributed by atoms with E-state index in [0.29, 0.717) is 22.2 Å². The van der Waals surface area contributed by atoms with E-state index in [1.807, 2.05) is 32.0 Å². The number of rotatable bonds is 11. The minimum absolute atomic E-state index is 0.0673. The second kappa shape index (κ2) is 13.3. The van der Waals surface area contributed by atoms with Crippen LogP contribution in [0.4, 0.5) is 11.4 Å². The topological polar surface area (TPSA) is 93.7 Å². The van der Waals surface area contributed by atoms with Crippen LogP contribution >= 0.6 is 11.6 Å². The highest BCUT2D eigenvalue weighted by molar-refractivity contribution is 6.30. The molecule has 3 rings (SSSR count). The lowest BCUT2D eigenvalue weighted by molar-refractivity contribution is -0.147. The van der Waals surface area contributed by atoms with Crippen molar-refractivity contribution in [3.63, 3.8) is 0 Å². The summed E-state index contributed by atoms with van der Waals surface area (Å²) in [5, 5.41) is 6.19. The van der Waals surface area contributed by atoms with E-state index in [4.69, 9.17) is 21.1 Å². The number of hydrogen-bond acceptors (Lipinski definition) is 5. The van der Waals surface area contributed by atoms with Gasteiger partial charge in [0, 0.05) is 22.8 Å². The number of nitrogens with one attached hydrogen (secondary N) is 2. The molecule has 0 aromatic heterocycles. The van der Waals surface area contributed by atoms with Crippen molar-refractivity contribution < 1.29 is 23.9 Å². The first kappa shape index (κ1) is 26.8. The fraction of sp³-hybridized carbons (Fsp3) is 0.250. The smallest absolute Gasteiger partial charge is 0.306 e. The summed E-state index contributed by atoms with van der Waals surface area (Å²) < 4.78 is 10.8. The molecule has 0 saturated heterocycles. The lowest BCUT2D eigenvalue weighted by Gasteiger charge is -2.14. The predicted molar refractivity (Wildman–Crippen MR) is 141 cm³/mol. The summed E-state index contributed by atoms with van der Waals surface area (Å²) in [6, 6.07) is 19.7. The maximum absolute atomic E-state index is 12.3. The third kappa shape index (κ3) is 8.13. The van der Waals surface area contributed by atoms with Gasteiger partial charge < -0.3 is 20.1 Å². The molecule has 3 aromatic rings. The quantitative estimate of drug-likeness (QED) is 0.303. The Morgan fingerprint density at radius 2 is 1.33 bits per heavy atom. The van der Waals surface area contributed by atoms with Crippen molar-refractivity contribution in [3.05, 3.63) is 82.9 Å². The number of hydrogen-bond donors (Lipinski definition) is 2. The summed E-state index contributed by atoms with van der Waals surface area (Å²) in [7, 11) is 0. The summed E-state index contributed by atoms with van der Waals surface area (Å²) >= 11 is 5.87. The van der Waals surface area contributed by atoms with Gasteiger partial charge in [0.15, 0.2) is 6.61 Å². The highest BCUT2D eigenvalue weighted by Gasteiger charge is 2.13. The monoisotopic (exact) mass is 508 g/mol. The van der Waals surface area contributed by atoms with Gasteiger partial charge in [-0.2, -0.15) is 0 Å². The standard InChI is InChI=1S/C28H29ClN2O5/c1-3-19-6-5-7-20(4-2)28(19)31-26(33)18-35-27(34)17-16-25(32)30-22-10-14-24(15-11-22)36-23-12-8-21(29)9-13-23/h5-15H,3-4,16-18H2,1-2H3,(H,30,32)(H,31,33). The lowest BCUT2D eigenvalue weighted by atomic mass is 10.0. The largest absolute Gasteiger partial charge is 0.457 e. The molecule has 0 aliphatic heterocycles. The molecule has 8 heteroatoms. The Balaban J connectivity index is 1.40. The molecule has 36 heavy (non-hydrogen) atoms. The maximum atomic E-state index is 12.3. The van der Waals surface area contributed by atoms with Gasteiger partial charge in [0.25, 0.3) is 5.91 Å². The molecule has 0 atom stereocenters. The summed E-state index contributed by atoms with van der Waals surface area (Å²) in [5.74, 6) is -0.128. The van der Waals surface area contributed by atoms with E-state index in [1.165, 1.54) is 0 Å². The Bertz CT molecular complexity index is 1170. The van der Waals surface area contributed by atoms with Crippen molar-refractivity contribution in [1.29, 1.82) is 0 Å². The SMILES string of the molecule is CCc1cccc(CC)c1NC(=O)COC(=O)CCC(=O)Nc1ccc(Oc2ccc(Cl)cc2)cc1. The molecule has 0 bridgehead atoms. The zero-order chi connectivity index (χ0) is 25.9. The fourth-order valence-electron chi connectivity index (χ4n) is 3.48. The summed E-state index contributed by atoms with van der Waals surface area (Å²) in [4.78, 5) is 36.5. The highest BCUT2D eigenvalue weighted by Crippen LogP contribution is 2.25. The number of halogens is 1. The van der Waals surface area contributed by atoms with Gasteiger partial charge >= 0.3 is 5.97 Å². The van der Waals surface area contributed by atoms with Gasteiger partial charge in [0.2, 0.25) is 5.91 Å². The Labute approximate surface area is 215 Å². The Morgan fingerprint density at radius 3 is 1.92 bits per heavy atom. The van der Waals surface area contributed by atoms with Crippen molar-refractivity contribution in [1.82, 2.24) is 0 Å². The van der Waals surface area contributed by atoms with E-state index in [-0.39, 0.29) is 18.7 Å². The number of anilines is 2. The molecule has 0 saturated carbocycles. The molecular weight excluding hydrogens is 480 g/mol. The second-order valence-electron chi connectivity index (χ2n) is 8.00. The Kier molecular flexibility index (Phi) is 9.89. The van der Waals surface area contributed by atoms with E-state index in [2.05, 4.69) is 10.6 Å². The number of esters is 1. The predicted octanol–water partition coefficient (Wildman–Crippen LogP) is 6.16. The van der Waals surface area contributed by atoms with E-state index in [1.54, 1.807) is 48.5 Å². The van der Waals surface area contributed by atoms with Crippen molar-refractivity contribution in [3.8, 4) is 11.5 Å². The third-order valence-corrected chi connectivity index (χ3v) is 5.62. The Hall–Kier alpha value is -3.84. The first-order chi connectivity index (χ1) is 17.4. The van der Waals surface area contributed by atoms with Crippen molar-refractivity contribution in [2.75, 3.05) is 17.2 Å². The average Bonchev–Trinajstić information content (AvgIpc) is 2.88. The van der Waals surface area contributed by atoms with Gasteiger partial charge in [-0.15, -0.1) is 0 Å². The van der Waals surface area contributed by atoms with Gasteiger partial charge in [-0.05, 0) is 72.5 Å². The molecule has 188 valence electrons. The number of carbonyl (C=O) groups excluding carboxylic acids is 3. The Morgan fingerprint density at radius 1 is 0.750 bits per heavy atom. The maximum Gasteiger partial charge on any atom is 0.306 e. The zero-order valence-electron chi connectivity index (χ0n) is 20.3. The highest BCUT2D eigenvalue weighted by atomic mass is 35.5. The van der Waals surface area contributed by atoms with Gasteiger partial charge in [-0.25, -0.2) is 0 Å². The number of para-hydroxylation sites is 1. The molecule has 3 aromatic carbocycles. The minimum Gasteiger partial charge on any atom is -0.457 e. The van der Waals surface area contributed by atoms with Gasteiger partial charge in [0.1, 0.15) is 11.5 Å². The molecule has 0 aliphatic rings. The summed E-state index contributed by atoms with van der Waals surface area (Å²) in [6.45, 7) is 3.62. The first-order valence-corrected chi connectivity index (χ1v) is 12.1. The number of aryl methyl sites for hydroxylation is 2. The molecule has 0 heterocycles. The minimum atomic E-state index is -0.619. The molecule has 0 spiro atoms. The van der Waals surface area contributed by atoms with Crippen LogP contribution in [-0.4, -0.2) is 24.4 Å². The van der Waals surface area contributed by atoms with Crippen molar-refractivity contribution >= 4 is 40.8 Å². The average molecular weight is 509 g/mol. The summed E-state index contributed by atoms with van der Waals surface area (Å²) in [5.41, 5.74) is 3.38. The van der Waals surface area contributed by atoms with Gasteiger partial charge in [0.05, 0.1) is 6.42 Å². The zero-order valence-corrected chi connectivity index (χ0v) is 21.1. The number of benzene rings is 3. The fourth-order valence-corrected chi connectivity index (χ4v) is 3.61. The second-order valence-corrected chi connectivity index (χ2v) is 8.43. The molecule has 0 aliphatic carbocycles. The van der Waals surface area contributed by atoms with Crippen LogP contribution in [0.3, 0.4) is 0 Å². The molecule has 0 fully saturated rings. The normalized spacial score (nSPS) is 10.4. The number of carbonyl (C=O) groups is 3. The molecule has 0 unspecified atom stereocenters. The van der Waals surface area contributed by atoms with E-state index >= 15 is 0 Å². The van der Waals surface area contributed by atoms with E-state index < -0.39 is 18.5 Å². The van der Waals surface area contributed by atoms with E-state index in [9.17, 15) is 14.4 Å². The summed E-state index contributed by atoms with van der Waals surface area (Å²) in [6.07, 6.45) is 1.34. The van der Waals surface area contributed by atoms with Crippen LogP contribution in [0.2, 0.25) is 5.02 Å². The van der Waals surface area contributed by atoms with Crippen LogP contribution in [0.1, 0.15) is 37.8 Å². The molecule has 2 N–H and O–H groups in total.